The zero-order chi connectivity index (χ0) is 21.1. The Morgan fingerprint density at radius 2 is 1.93 bits per heavy atom. The first kappa shape index (κ1) is 20.7. The molecule has 30 heavy (non-hydrogen) atoms. The van der Waals surface area contributed by atoms with Gasteiger partial charge in [-0.2, -0.15) is 5.26 Å². The number of sulfonamides is 1. The van der Waals surface area contributed by atoms with E-state index in [4.69, 9.17) is 0 Å². The standard InChI is InChI=1S/C21H31FN4O3S/c22-17-5-18(10-23)26(12-17)19(27)11-24-21-8-15-4-16(9-21)7-20(6-15,13-21)14-25-2-1-3-30(25,28)29/h15-18,24H,1-9,11-14H2/t15?,16?,17-,18-,20?,21?/m0/s1. The monoisotopic (exact) mass is 438 g/mol. The summed E-state index contributed by atoms with van der Waals surface area (Å²) in [5.41, 5.74) is -0.134. The van der Waals surface area contributed by atoms with Gasteiger partial charge < -0.3 is 10.2 Å². The lowest BCUT2D eigenvalue weighted by Gasteiger charge is -2.63. The number of amides is 1. The van der Waals surface area contributed by atoms with Gasteiger partial charge in [-0.3, -0.25) is 4.79 Å². The van der Waals surface area contributed by atoms with E-state index in [1.165, 1.54) is 11.3 Å². The second kappa shape index (κ2) is 7.14. The third-order valence-corrected chi connectivity index (χ3v) is 10.1. The fraction of sp³-hybridized carbons (Fsp3) is 0.905. The first-order chi connectivity index (χ1) is 14.2. The van der Waals surface area contributed by atoms with Crippen LogP contribution in [0, 0.1) is 28.6 Å². The van der Waals surface area contributed by atoms with Crippen LogP contribution in [0.5, 0.6) is 0 Å². The molecule has 4 atom stereocenters. The Bertz CT molecular complexity index is 858. The van der Waals surface area contributed by atoms with Crippen molar-refractivity contribution in [1.82, 2.24) is 14.5 Å². The molecule has 166 valence electrons. The van der Waals surface area contributed by atoms with Gasteiger partial charge in [0.25, 0.3) is 0 Å². The fourth-order valence-corrected chi connectivity index (χ4v) is 9.26. The molecule has 0 aromatic carbocycles. The van der Waals surface area contributed by atoms with Crippen LogP contribution in [-0.2, 0) is 14.8 Å². The number of halogens is 1. The molecule has 9 heteroatoms. The van der Waals surface area contributed by atoms with Crippen LogP contribution in [0.3, 0.4) is 0 Å². The van der Waals surface area contributed by atoms with Crippen LogP contribution in [0.4, 0.5) is 4.39 Å². The van der Waals surface area contributed by atoms with Gasteiger partial charge in [-0.25, -0.2) is 17.1 Å². The lowest BCUT2D eigenvalue weighted by Crippen LogP contribution is -2.65. The molecule has 2 saturated heterocycles. The summed E-state index contributed by atoms with van der Waals surface area (Å²) < 4.78 is 40.3. The van der Waals surface area contributed by atoms with E-state index in [9.17, 15) is 22.9 Å². The molecular formula is C21H31FN4O3S. The van der Waals surface area contributed by atoms with Crippen molar-refractivity contribution in [3.63, 3.8) is 0 Å². The van der Waals surface area contributed by atoms with Crippen molar-refractivity contribution in [2.45, 2.75) is 69.1 Å². The number of carbonyl (C=O) groups is 1. The van der Waals surface area contributed by atoms with Gasteiger partial charge in [-0.05, 0) is 62.2 Å². The maximum absolute atomic E-state index is 13.7. The number of nitrogens with zero attached hydrogens (tertiary/aromatic N) is 3. The van der Waals surface area contributed by atoms with Crippen molar-refractivity contribution in [3.05, 3.63) is 0 Å². The van der Waals surface area contributed by atoms with Crippen molar-refractivity contribution in [2.24, 2.45) is 17.3 Å². The maximum Gasteiger partial charge on any atom is 0.237 e. The van der Waals surface area contributed by atoms with Gasteiger partial charge in [-0.15, -0.1) is 0 Å². The van der Waals surface area contributed by atoms with Gasteiger partial charge in [0, 0.05) is 25.0 Å². The zero-order valence-corrected chi connectivity index (χ0v) is 18.2. The molecule has 0 aromatic rings. The third-order valence-electron chi connectivity index (χ3n) is 8.23. The minimum atomic E-state index is -3.12. The third kappa shape index (κ3) is 3.55. The van der Waals surface area contributed by atoms with Gasteiger partial charge in [0.1, 0.15) is 12.2 Å². The van der Waals surface area contributed by atoms with Crippen LogP contribution < -0.4 is 5.32 Å². The predicted molar refractivity (Wildman–Crippen MR) is 108 cm³/mol. The highest BCUT2D eigenvalue weighted by molar-refractivity contribution is 7.89. The Kier molecular flexibility index (Phi) is 4.92. The number of nitriles is 1. The van der Waals surface area contributed by atoms with Crippen LogP contribution in [0.2, 0.25) is 0 Å². The Morgan fingerprint density at radius 1 is 1.20 bits per heavy atom. The minimum Gasteiger partial charge on any atom is -0.323 e. The van der Waals surface area contributed by atoms with Gasteiger partial charge in [0.15, 0.2) is 0 Å². The van der Waals surface area contributed by atoms with Crippen molar-refractivity contribution >= 4 is 15.9 Å². The van der Waals surface area contributed by atoms with Crippen LogP contribution in [0.15, 0.2) is 0 Å². The van der Waals surface area contributed by atoms with Crippen LogP contribution >= 0.6 is 0 Å². The van der Waals surface area contributed by atoms with Gasteiger partial charge in [-0.1, -0.05) is 0 Å². The quantitative estimate of drug-likeness (QED) is 0.701. The molecule has 4 bridgehead atoms. The molecule has 6 fully saturated rings. The Hall–Kier alpha value is -1.24. The first-order valence-electron chi connectivity index (χ1n) is 11.3. The van der Waals surface area contributed by atoms with E-state index >= 15 is 0 Å². The summed E-state index contributed by atoms with van der Waals surface area (Å²) in [5, 5.41) is 12.8. The molecule has 1 amide bonds. The summed E-state index contributed by atoms with van der Waals surface area (Å²) in [6.07, 6.45) is 6.02. The number of rotatable bonds is 5. The highest BCUT2D eigenvalue weighted by atomic mass is 32.2. The largest absolute Gasteiger partial charge is 0.323 e. The Balaban J connectivity index is 1.29. The molecule has 0 spiro atoms. The molecule has 4 aliphatic carbocycles. The number of carbonyl (C=O) groups excluding carboxylic acids is 1. The summed E-state index contributed by atoms with van der Waals surface area (Å²) in [4.78, 5) is 14.1. The topological polar surface area (TPSA) is 93.5 Å². The normalized spacial score (nSPS) is 44.5. The Labute approximate surface area is 178 Å². The van der Waals surface area contributed by atoms with Crippen molar-refractivity contribution in [3.8, 4) is 6.07 Å². The number of likely N-dealkylation sites (tertiary alicyclic amines) is 1. The van der Waals surface area contributed by atoms with Crippen molar-refractivity contribution in [1.29, 1.82) is 5.26 Å². The SMILES string of the molecule is N#C[C@@H]1C[C@H](F)CN1C(=O)CNC12CC3CC(CC(CN4CCCS4(=O)=O)(C3)C1)C2. The second-order valence-electron chi connectivity index (χ2n) is 10.6. The van der Waals surface area contributed by atoms with Gasteiger partial charge in [0.05, 0.1) is 24.9 Å². The van der Waals surface area contributed by atoms with E-state index in [1.54, 1.807) is 4.31 Å². The molecule has 2 unspecified atom stereocenters. The number of nitrogens with one attached hydrogen (secondary N) is 1. The van der Waals surface area contributed by atoms with Crippen molar-refractivity contribution < 1.29 is 17.6 Å². The number of hydrogen-bond donors (Lipinski definition) is 1. The summed E-state index contributed by atoms with van der Waals surface area (Å²) in [6, 6.07) is 1.38. The van der Waals surface area contributed by atoms with E-state index in [0.717, 1.165) is 32.1 Å². The first-order valence-corrected chi connectivity index (χ1v) is 12.9. The van der Waals surface area contributed by atoms with Gasteiger partial charge in [0.2, 0.25) is 15.9 Å². The highest BCUT2D eigenvalue weighted by Gasteiger charge is 2.58. The molecule has 2 heterocycles. The second-order valence-corrected chi connectivity index (χ2v) is 12.7. The molecule has 1 N–H and O–H groups in total. The lowest BCUT2D eigenvalue weighted by atomic mass is 9.47. The number of alkyl halides is 1. The van der Waals surface area contributed by atoms with Crippen LogP contribution in [0.1, 0.15) is 51.4 Å². The highest BCUT2D eigenvalue weighted by Crippen LogP contribution is 2.62. The van der Waals surface area contributed by atoms with E-state index in [0.29, 0.717) is 31.3 Å². The fourth-order valence-electron chi connectivity index (χ4n) is 7.63. The molecule has 2 aliphatic heterocycles. The summed E-state index contributed by atoms with van der Waals surface area (Å²) in [5.74, 6) is 1.22. The number of hydrogen-bond acceptors (Lipinski definition) is 5. The van der Waals surface area contributed by atoms with Crippen LogP contribution in [-0.4, -0.2) is 73.2 Å². The molecule has 4 saturated carbocycles. The molecule has 0 radical (unpaired) electrons. The van der Waals surface area contributed by atoms with Crippen LogP contribution in [0.25, 0.3) is 0 Å². The average molecular weight is 439 g/mol. The summed E-state index contributed by atoms with van der Waals surface area (Å²) in [7, 11) is -3.12. The summed E-state index contributed by atoms with van der Waals surface area (Å²) in [6.45, 7) is 1.38. The predicted octanol–water partition coefficient (Wildman–Crippen LogP) is 1.41. The molecule has 6 aliphatic rings. The van der Waals surface area contributed by atoms with Crippen molar-refractivity contribution in [2.75, 3.05) is 31.9 Å². The maximum atomic E-state index is 13.7. The molecule has 6 rings (SSSR count). The molecule has 0 aromatic heterocycles. The smallest absolute Gasteiger partial charge is 0.237 e. The molecular weight excluding hydrogens is 407 g/mol. The molecule has 7 nitrogen and oxygen atoms in total. The van der Waals surface area contributed by atoms with Gasteiger partial charge >= 0.3 is 0 Å². The summed E-state index contributed by atoms with van der Waals surface area (Å²) >= 11 is 0. The Morgan fingerprint density at radius 3 is 2.57 bits per heavy atom. The zero-order valence-electron chi connectivity index (χ0n) is 17.4. The van der Waals surface area contributed by atoms with E-state index in [2.05, 4.69) is 5.32 Å². The minimum absolute atomic E-state index is 0.00437. The lowest BCUT2D eigenvalue weighted by molar-refractivity contribution is -0.133. The van der Waals surface area contributed by atoms with E-state index < -0.39 is 22.2 Å². The van der Waals surface area contributed by atoms with E-state index in [-0.39, 0.29) is 42.1 Å². The average Bonchev–Trinajstić information content (AvgIpc) is 3.20. The van der Waals surface area contributed by atoms with E-state index in [1.807, 2.05) is 6.07 Å².